The van der Waals surface area contributed by atoms with Crippen molar-refractivity contribution in [1.29, 1.82) is 0 Å². The highest BCUT2D eigenvalue weighted by molar-refractivity contribution is 6.09. The van der Waals surface area contributed by atoms with E-state index < -0.39 is 5.66 Å². The van der Waals surface area contributed by atoms with Gasteiger partial charge in [0.05, 0.1) is 18.9 Å². The molecule has 0 aromatic heterocycles. The number of hydrogen-bond acceptors (Lipinski definition) is 6. The van der Waals surface area contributed by atoms with Crippen molar-refractivity contribution in [3.63, 3.8) is 0 Å². The highest BCUT2D eigenvalue weighted by Gasteiger charge is 2.63. The Labute approximate surface area is 223 Å². The van der Waals surface area contributed by atoms with E-state index in [1.807, 2.05) is 58.4 Å². The van der Waals surface area contributed by atoms with Crippen LogP contribution in [-0.2, 0) is 9.53 Å². The van der Waals surface area contributed by atoms with Crippen molar-refractivity contribution in [3.8, 4) is 11.1 Å². The van der Waals surface area contributed by atoms with Crippen molar-refractivity contribution in [1.82, 2.24) is 4.90 Å². The molecule has 3 heterocycles. The highest BCUT2D eigenvalue weighted by atomic mass is 16.5. The van der Waals surface area contributed by atoms with Gasteiger partial charge >= 0.3 is 0 Å². The van der Waals surface area contributed by atoms with Crippen molar-refractivity contribution in [2.45, 2.75) is 25.9 Å². The average Bonchev–Trinajstić information content (AvgIpc) is 3.28. The minimum absolute atomic E-state index is 0.00982. The highest BCUT2D eigenvalue weighted by Crippen LogP contribution is 2.46. The molecule has 7 heteroatoms. The van der Waals surface area contributed by atoms with E-state index in [0.717, 1.165) is 40.9 Å². The normalized spacial score (nSPS) is 23.8. The van der Waals surface area contributed by atoms with Gasteiger partial charge in [-0.25, -0.2) is 5.01 Å². The van der Waals surface area contributed by atoms with Crippen LogP contribution in [0.3, 0.4) is 0 Å². The molecular weight excluding hydrogens is 476 g/mol. The van der Waals surface area contributed by atoms with Crippen molar-refractivity contribution in [2.75, 3.05) is 42.8 Å². The second kappa shape index (κ2) is 9.82. The second-order valence-electron chi connectivity index (χ2n) is 10.3. The molecule has 0 radical (unpaired) electrons. The molecule has 3 aromatic rings. The van der Waals surface area contributed by atoms with Gasteiger partial charge in [-0.15, -0.1) is 0 Å². The van der Waals surface area contributed by atoms with E-state index in [4.69, 9.17) is 9.84 Å². The van der Waals surface area contributed by atoms with Crippen LogP contribution in [0.5, 0.6) is 0 Å². The Balaban J connectivity index is 1.41. The van der Waals surface area contributed by atoms with Crippen LogP contribution in [0.4, 0.5) is 11.4 Å². The second-order valence-corrected chi connectivity index (χ2v) is 10.3. The van der Waals surface area contributed by atoms with Crippen LogP contribution in [-0.4, -0.2) is 61.3 Å². The SMILES string of the molecule is CC1=NN(c2ccc(C)cc2)[C@@]2(N3CCOCC3)C(=O)N(c3ccc(-c4ccccc4C=O)cc3)CC[C@@H]12. The van der Waals surface area contributed by atoms with Crippen LogP contribution in [0, 0.1) is 12.8 Å². The predicted molar refractivity (Wildman–Crippen MR) is 150 cm³/mol. The summed E-state index contributed by atoms with van der Waals surface area (Å²) in [4.78, 5) is 30.5. The van der Waals surface area contributed by atoms with Gasteiger partial charge in [-0.05, 0) is 55.7 Å². The molecule has 1 amide bonds. The van der Waals surface area contributed by atoms with Gasteiger partial charge in [0.2, 0.25) is 5.66 Å². The molecular formula is C31H32N4O3. The smallest absolute Gasteiger partial charge is 0.270 e. The lowest BCUT2D eigenvalue weighted by Crippen LogP contribution is -2.74. The Kier molecular flexibility index (Phi) is 6.33. The number of carbonyl (C=O) groups is 2. The first-order valence-corrected chi connectivity index (χ1v) is 13.3. The number of aldehydes is 1. The Morgan fingerprint density at radius 2 is 1.58 bits per heavy atom. The number of amides is 1. The van der Waals surface area contributed by atoms with Crippen molar-refractivity contribution >= 4 is 29.3 Å². The van der Waals surface area contributed by atoms with E-state index in [1.165, 1.54) is 5.56 Å². The standard InChI is InChI=1S/C31H32N4O3/c1-22-7-11-27(12-8-22)35-31(33-17-19-38-20-18-33)29(23(2)32-35)15-16-34(30(31)37)26-13-9-24(10-14-26)28-6-4-3-5-25(28)21-36/h3-14,21,29H,15-20H2,1-2H3/t29-,31+/m0/s1. The monoisotopic (exact) mass is 508 g/mol. The molecule has 194 valence electrons. The van der Waals surface area contributed by atoms with Gasteiger partial charge in [-0.3, -0.25) is 14.5 Å². The minimum Gasteiger partial charge on any atom is -0.379 e. The number of ether oxygens (including phenoxy) is 1. The van der Waals surface area contributed by atoms with Crippen LogP contribution < -0.4 is 9.91 Å². The van der Waals surface area contributed by atoms with E-state index in [2.05, 4.69) is 43.0 Å². The number of aryl methyl sites for hydroxylation is 1. The summed E-state index contributed by atoms with van der Waals surface area (Å²) < 4.78 is 5.69. The van der Waals surface area contributed by atoms with Crippen LogP contribution in [0.15, 0.2) is 77.9 Å². The zero-order valence-corrected chi connectivity index (χ0v) is 21.8. The molecule has 2 fully saturated rings. The fourth-order valence-corrected chi connectivity index (χ4v) is 6.22. The quantitative estimate of drug-likeness (QED) is 0.466. The fraction of sp³-hybridized carbons (Fsp3) is 0.323. The number of rotatable bonds is 5. The van der Waals surface area contributed by atoms with Gasteiger partial charge in [-0.2, -0.15) is 5.10 Å². The third kappa shape index (κ3) is 3.85. The van der Waals surface area contributed by atoms with Crippen LogP contribution >= 0.6 is 0 Å². The molecule has 7 nitrogen and oxygen atoms in total. The first-order valence-electron chi connectivity index (χ1n) is 13.3. The molecule has 0 saturated carbocycles. The summed E-state index contributed by atoms with van der Waals surface area (Å²) in [5, 5.41) is 6.99. The lowest BCUT2D eigenvalue weighted by molar-refractivity contribution is -0.139. The van der Waals surface area contributed by atoms with Crippen LogP contribution in [0.2, 0.25) is 0 Å². The summed E-state index contributed by atoms with van der Waals surface area (Å²) in [6, 6.07) is 23.8. The third-order valence-electron chi connectivity index (χ3n) is 8.12. The molecule has 0 N–H and O–H groups in total. The van der Waals surface area contributed by atoms with Gasteiger partial charge in [0.15, 0.2) is 6.29 Å². The number of fused-ring (bicyclic) bond motifs is 1. The molecule has 2 atom stereocenters. The Morgan fingerprint density at radius 3 is 2.29 bits per heavy atom. The van der Waals surface area contributed by atoms with Crippen molar-refractivity contribution in [3.05, 3.63) is 83.9 Å². The third-order valence-corrected chi connectivity index (χ3v) is 8.12. The molecule has 0 aliphatic carbocycles. The summed E-state index contributed by atoms with van der Waals surface area (Å²) in [5.74, 6) is 0.0299. The van der Waals surface area contributed by atoms with Crippen LogP contribution in [0.1, 0.15) is 29.3 Å². The number of morpholine rings is 1. The fourth-order valence-electron chi connectivity index (χ4n) is 6.22. The maximum Gasteiger partial charge on any atom is 0.270 e. The number of piperidine rings is 1. The number of anilines is 2. The van der Waals surface area contributed by atoms with E-state index in [0.29, 0.717) is 38.4 Å². The maximum absolute atomic E-state index is 14.8. The van der Waals surface area contributed by atoms with Gasteiger partial charge < -0.3 is 9.64 Å². The first-order chi connectivity index (χ1) is 18.5. The van der Waals surface area contributed by atoms with Gasteiger partial charge in [0.25, 0.3) is 5.91 Å². The zero-order valence-electron chi connectivity index (χ0n) is 21.8. The Hall–Kier alpha value is -3.81. The minimum atomic E-state index is -0.940. The van der Waals surface area contributed by atoms with E-state index in [-0.39, 0.29) is 11.8 Å². The maximum atomic E-state index is 14.8. The van der Waals surface area contributed by atoms with E-state index in [9.17, 15) is 9.59 Å². The number of benzene rings is 3. The molecule has 3 aliphatic rings. The molecule has 3 aliphatic heterocycles. The van der Waals surface area contributed by atoms with Crippen LogP contribution in [0.25, 0.3) is 11.1 Å². The number of nitrogens with zero attached hydrogens (tertiary/aromatic N) is 4. The summed E-state index contributed by atoms with van der Waals surface area (Å²) in [6.45, 7) is 7.25. The molecule has 6 rings (SSSR count). The summed E-state index contributed by atoms with van der Waals surface area (Å²) >= 11 is 0. The van der Waals surface area contributed by atoms with Crippen molar-refractivity contribution < 1.29 is 14.3 Å². The Morgan fingerprint density at radius 1 is 0.895 bits per heavy atom. The molecule has 38 heavy (non-hydrogen) atoms. The molecule has 3 aromatic carbocycles. The van der Waals surface area contributed by atoms with Gasteiger partial charge in [-0.1, -0.05) is 54.1 Å². The van der Waals surface area contributed by atoms with Gasteiger partial charge in [0, 0.05) is 42.5 Å². The predicted octanol–water partition coefficient (Wildman–Crippen LogP) is 4.75. The van der Waals surface area contributed by atoms with Crippen molar-refractivity contribution in [2.24, 2.45) is 11.0 Å². The number of hydrogen-bond donors (Lipinski definition) is 0. The number of carbonyl (C=O) groups excluding carboxylic acids is 2. The lowest BCUT2D eigenvalue weighted by atomic mass is 9.80. The molecule has 0 bridgehead atoms. The van der Waals surface area contributed by atoms with Gasteiger partial charge in [0.1, 0.15) is 0 Å². The topological polar surface area (TPSA) is 65.5 Å². The van der Waals surface area contributed by atoms with E-state index in [1.54, 1.807) is 0 Å². The summed E-state index contributed by atoms with van der Waals surface area (Å²) in [6.07, 6.45) is 1.70. The zero-order chi connectivity index (χ0) is 26.3. The molecule has 0 spiro atoms. The average molecular weight is 509 g/mol. The largest absolute Gasteiger partial charge is 0.379 e. The Bertz CT molecular complexity index is 1380. The lowest BCUT2D eigenvalue weighted by Gasteiger charge is -2.53. The molecule has 0 unspecified atom stereocenters. The summed E-state index contributed by atoms with van der Waals surface area (Å²) in [5.41, 5.74) is 5.46. The number of hydrazone groups is 1. The first kappa shape index (κ1) is 24.5. The summed E-state index contributed by atoms with van der Waals surface area (Å²) in [7, 11) is 0. The molecule has 2 saturated heterocycles. The van der Waals surface area contributed by atoms with E-state index >= 15 is 0 Å².